The van der Waals surface area contributed by atoms with E-state index in [4.69, 9.17) is 4.74 Å². The number of carbonyl (C=O) groups excluding carboxylic acids is 3. The van der Waals surface area contributed by atoms with Gasteiger partial charge in [-0.15, -0.1) is 0 Å². The van der Waals surface area contributed by atoms with Crippen LogP contribution in [0.1, 0.15) is 36.0 Å². The number of imide groups is 1. The zero-order valence-corrected chi connectivity index (χ0v) is 15.9. The van der Waals surface area contributed by atoms with Crippen LogP contribution in [0.15, 0.2) is 29.2 Å². The number of benzene rings is 1. The summed E-state index contributed by atoms with van der Waals surface area (Å²) in [7, 11) is -2.25. The molecular formula is C17H23N3O6S. The van der Waals surface area contributed by atoms with Gasteiger partial charge in [0.05, 0.1) is 10.5 Å². The summed E-state index contributed by atoms with van der Waals surface area (Å²) in [5.41, 5.74) is 0.109. The van der Waals surface area contributed by atoms with Crippen molar-refractivity contribution in [3.05, 3.63) is 29.8 Å². The summed E-state index contributed by atoms with van der Waals surface area (Å²) < 4.78 is 31.6. The number of hydrogen-bond acceptors (Lipinski definition) is 6. The summed E-state index contributed by atoms with van der Waals surface area (Å²) >= 11 is 0. The van der Waals surface area contributed by atoms with Crippen molar-refractivity contribution in [2.24, 2.45) is 0 Å². The second-order valence-electron chi connectivity index (χ2n) is 6.05. The number of urea groups is 1. The number of hydrogen-bond donors (Lipinski definition) is 2. The number of nitrogens with one attached hydrogen (secondary N) is 2. The molecule has 9 nitrogen and oxygen atoms in total. The average molecular weight is 397 g/mol. The molecule has 0 spiro atoms. The first kappa shape index (κ1) is 20.8. The Bertz CT molecular complexity index is 783. The van der Waals surface area contributed by atoms with Crippen molar-refractivity contribution >= 4 is 27.9 Å². The van der Waals surface area contributed by atoms with Crippen molar-refractivity contribution in [2.45, 2.75) is 30.6 Å². The van der Waals surface area contributed by atoms with Gasteiger partial charge in [-0.05, 0) is 37.1 Å². The maximum atomic E-state index is 12.7. The molecule has 0 bridgehead atoms. The first-order valence-corrected chi connectivity index (χ1v) is 10.1. The van der Waals surface area contributed by atoms with E-state index < -0.39 is 34.5 Å². The van der Waals surface area contributed by atoms with E-state index in [0.717, 1.165) is 25.7 Å². The number of ether oxygens (including phenoxy) is 1. The Morgan fingerprint density at radius 3 is 2.19 bits per heavy atom. The second kappa shape index (κ2) is 9.47. The van der Waals surface area contributed by atoms with Gasteiger partial charge in [-0.3, -0.25) is 10.1 Å². The van der Waals surface area contributed by atoms with Crippen molar-refractivity contribution in [3.63, 3.8) is 0 Å². The highest BCUT2D eigenvalue weighted by Gasteiger charge is 2.25. The SMILES string of the molecule is CNC(=O)NC(=O)COC(=O)c1ccc(S(=O)(=O)N2CCCCCC2)cc1. The molecule has 0 unspecified atom stereocenters. The summed E-state index contributed by atoms with van der Waals surface area (Å²) in [5, 5.41) is 4.15. The predicted molar refractivity (Wildman–Crippen MR) is 96.5 cm³/mol. The van der Waals surface area contributed by atoms with Crippen molar-refractivity contribution in [1.29, 1.82) is 0 Å². The Kier molecular flexibility index (Phi) is 7.31. The van der Waals surface area contributed by atoms with Crippen LogP contribution in [0.2, 0.25) is 0 Å². The fraction of sp³-hybridized carbons (Fsp3) is 0.471. The molecule has 0 aromatic heterocycles. The Morgan fingerprint density at radius 2 is 1.63 bits per heavy atom. The van der Waals surface area contributed by atoms with Crippen LogP contribution in [0.25, 0.3) is 0 Å². The monoisotopic (exact) mass is 397 g/mol. The molecule has 2 rings (SSSR count). The topological polar surface area (TPSA) is 122 Å². The van der Waals surface area contributed by atoms with Gasteiger partial charge in [0.2, 0.25) is 10.0 Å². The summed E-state index contributed by atoms with van der Waals surface area (Å²) in [6.45, 7) is 0.360. The number of sulfonamides is 1. The van der Waals surface area contributed by atoms with Crippen LogP contribution in [0, 0.1) is 0 Å². The van der Waals surface area contributed by atoms with E-state index in [0.29, 0.717) is 13.1 Å². The van der Waals surface area contributed by atoms with E-state index in [2.05, 4.69) is 5.32 Å². The molecular weight excluding hydrogens is 374 g/mol. The van der Waals surface area contributed by atoms with E-state index >= 15 is 0 Å². The number of rotatable bonds is 5. The molecule has 0 atom stereocenters. The first-order chi connectivity index (χ1) is 12.8. The van der Waals surface area contributed by atoms with Gasteiger partial charge in [0.1, 0.15) is 0 Å². The average Bonchev–Trinajstić information content (AvgIpc) is 2.96. The van der Waals surface area contributed by atoms with Crippen molar-refractivity contribution in [1.82, 2.24) is 14.9 Å². The fourth-order valence-corrected chi connectivity index (χ4v) is 4.15. The first-order valence-electron chi connectivity index (χ1n) is 8.63. The molecule has 1 aromatic rings. The van der Waals surface area contributed by atoms with Crippen LogP contribution in [-0.4, -0.2) is 57.4 Å². The second-order valence-corrected chi connectivity index (χ2v) is 7.98. The van der Waals surface area contributed by atoms with E-state index in [-0.39, 0.29) is 10.5 Å². The molecule has 1 aliphatic rings. The van der Waals surface area contributed by atoms with Crippen molar-refractivity contribution in [2.75, 3.05) is 26.7 Å². The lowest BCUT2D eigenvalue weighted by molar-refractivity contribution is -0.123. The molecule has 0 saturated carbocycles. The minimum absolute atomic E-state index is 0.109. The molecule has 0 radical (unpaired) electrons. The molecule has 1 heterocycles. The minimum Gasteiger partial charge on any atom is -0.452 e. The smallest absolute Gasteiger partial charge is 0.338 e. The van der Waals surface area contributed by atoms with Crippen molar-refractivity contribution < 1.29 is 27.5 Å². The summed E-state index contributed by atoms with van der Waals surface area (Å²) in [5.74, 6) is -1.57. The number of amides is 3. The lowest BCUT2D eigenvalue weighted by atomic mass is 10.2. The lowest BCUT2D eigenvalue weighted by Gasteiger charge is -2.19. The Hall–Kier alpha value is -2.46. The minimum atomic E-state index is -3.60. The molecule has 3 amide bonds. The molecule has 148 valence electrons. The van der Waals surface area contributed by atoms with Crippen LogP contribution < -0.4 is 10.6 Å². The molecule has 1 aliphatic heterocycles. The number of nitrogens with zero attached hydrogens (tertiary/aromatic N) is 1. The third-order valence-corrected chi connectivity index (χ3v) is 6.02. The number of carbonyl (C=O) groups is 3. The van der Waals surface area contributed by atoms with E-state index in [1.54, 1.807) is 0 Å². The zero-order chi connectivity index (χ0) is 19.9. The van der Waals surface area contributed by atoms with Gasteiger partial charge in [-0.1, -0.05) is 12.8 Å². The van der Waals surface area contributed by atoms with E-state index in [1.807, 2.05) is 5.32 Å². The van der Waals surface area contributed by atoms with Gasteiger partial charge in [0, 0.05) is 20.1 Å². The zero-order valence-electron chi connectivity index (χ0n) is 15.1. The Morgan fingerprint density at radius 1 is 1.04 bits per heavy atom. The summed E-state index contributed by atoms with van der Waals surface area (Å²) in [6, 6.07) is 4.66. The Labute approximate surface area is 158 Å². The van der Waals surface area contributed by atoms with Crippen molar-refractivity contribution in [3.8, 4) is 0 Å². The third kappa shape index (κ3) is 5.76. The number of esters is 1. The maximum absolute atomic E-state index is 12.7. The van der Waals surface area contributed by atoms with E-state index in [1.165, 1.54) is 35.6 Å². The van der Waals surface area contributed by atoms with Crippen LogP contribution >= 0.6 is 0 Å². The third-order valence-electron chi connectivity index (χ3n) is 4.11. The van der Waals surface area contributed by atoms with Crippen LogP contribution in [-0.2, 0) is 19.6 Å². The van der Waals surface area contributed by atoms with Crippen LogP contribution in [0.4, 0.5) is 4.79 Å². The van der Waals surface area contributed by atoms with Gasteiger partial charge < -0.3 is 10.1 Å². The van der Waals surface area contributed by atoms with Gasteiger partial charge in [-0.2, -0.15) is 4.31 Å². The highest BCUT2D eigenvalue weighted by Crippen LogP contribution is 2.20. The molecule has 10 heteroatoms. The van der Waals surface area contributed by atoms with Gasteiger partial charge in [-0.25, -0.2) is 18.0 Å². The van der Waals surface area contributed by atoms with Crippen LogP contribution in [0.3, 0.4) is 0 Å². The highest BCUT2D eigenvalue weighted by molar-refractivity contribution is 7.89. The molecule has 1 aromatic carbocycles. The highest BCUT2D eigenvalue weighted by atomic mass is 32.2. The summed E-state index contributed by atoms with van der Waals surface area (Å²) in [6.07, 6.45) is 3.71. The van der Waals surface area contributed by atoms with Gasteiger partial charge in [0.15, 0.2) is 6.61 Å². The molecule has 27 heavy (non-hydrogen) atoms. The predicted octanol–water partition coefficient (Wildman–Crippen LogP) is 0.864. The van der Waals surface area contributed by atoms with Gasteiger partial charge in [0.25, 0.3) is 5.91 Å². The van der Waals surface area contributed by atoms with Gasteiger partial charge >= 0.3 is 12.0 Å². The molecule has 1 saturated heterocycles. The lowest BCUT2D eigenvalue weighted by Crippen LogP contribution is -2.39. The Balaban J connectivity index is 1.98. The molecule has 2 N–H and O–H groups in total. The molecule has 1 fully saturated rings. The van der Waals surface area contributed by atoms with E-state index in [9.17, 15) is 22.8 Å². The standard InChI is InChI=1S/C17H23N3O6S/c1-18-17(23)19-15(21)12-26-16(22)13-6-8-14(9-7-13)27(24,25)20-10-4-2-3-5-11-20/h6-9H,2-5,10-12H2,1H3,(H2,18,19,21,23). The quantitative estimate of drug-likeness (QED) is 0.711. The maximum Gasteiger partial charge on any atom is 0.338 e. The normalized spacial score (nSPS) is 15.4. The fourth-order valence-electron chi connectivity index (χ4n) is 2.63. The largest absolute Gasteiger partial charge is 0.452 e. The summed E-state index contributed by atoms with van der Waals surface area (Å²) in [4.78, 5) is 34.4. The molecule has 0 aliphatic carbocycles. The van der Waals surface area contributed by atoms with Crippen LogP contribution in [0.5, 0.6) is 0 Å².